The van der Waals surface area contributed by atoms with E-state index in [1.165, 1.54) is 48.4 Å². The highest BCUT2D eigenvalue weighted by molar-refractivity contribution is 5.87. The van der Waals surface area contributed by atoms with Crippen molar-refractivity contribution in [2.75, 3.05) is 7.11 Å². The first kappa shape index (κ1) is 16.1. The Balaban J connectivity index is 0.00000161. The van der Waals surface area contributed by atoms with Crippen LogP contribution in [0.1, 0.15) is 37.7 Å². The Morgan fingerprint density at radius 2 is 1.81 bits per heavy atom. The van der Waals surface area contributed by atoms with Gasteiger partial charge in [0.25, 0.3) is 0 Å². The molecule has 1 saturated carbocycles. The van der Waals surface area contributed by atoms with Crippen molar-refractivity contribution >= 4 is 23.2 Å². The third-order valence-corrected chi connectivity index (χ3v) is 4.39. The summed E-state index contributed by atoms with van der Waals surface area (Å²) in [5, 5.41) is 6.31. The second-order valence-corrected chi connectivity index (χ2v) is 5.68. The zero-order chi connectivity index (χ0) is 13.8. The van der Waals surface area contributed by atoms with Crippen molar-refractivity contribution in [2.45, 2.75) is 44.7 Å². The van der Waals surface area contributed by atoms with Gasteiger partial charge in [-0.05, 0) is 29.7 Å². The lowest BCUT2D eigenvalue weighted by atomic mass is 9.95. The van der Waals surface area contributed by atoms with E-state index >= 15 is 0 Å². The largest absolute Gasteiger partial charge is 0.496 e. The second kappa shape index (κ2) is 7.67. The number of methoxy groups -OCH3 is 1. The summed E-state index contributed by atoms with van der Waals surface area (Å²) in [7, 11) is 1.76. The van der Waals surface area contributed by atoms with E-state index in [2.05, 4.69) is 41.7 Å². The average molecular weight is 306 g/mol. The van der Waals surface area contributed by atoms with Gasteiger partial charge in [-0.3, -0.25) is 0 Å². The molecule has 2 aromatic carbocycles. The van der Waals surface area contributed by atoms with Gasteiger partial charge in [-0.15, -0.1) is 12.4 Å². The number of nitrogens with one attached hydrogen (secondary N) is 1. The van der Waals surface area contributed by atoms with Crippen molar-refractivity contribution in [2.24, 2.45) is 0 Å². The van der Waals surface area contributed by atoms with Gasteiger partial charge in [0.05, 0.1) is 7.11 Å². The molecule has 1 aliphatic rings. The monoisotopic (exact) mass is 305 g/mol. The summed E-state index contributed by atoms with van der Waals surface area (Å²) in [6.07, 6.45) is 6.75. The Labute approximate surface area is 133 Å². The molecule has 0 bridgehead atoms. The van der Waals surface area contributed by atoms with E-state index in [1.807, 2.05) is 0 Å². The van der Waals surface area contributed by atoms with Gasteiger partial charge in [0, 0.05) is 18.2 Å². The number of rotatable bonds is 4. The van der Waals surface area contributed by atoms with E-state index in [0.717, 1.165) is 12.3 Å². The lowest BCUT2D eigenvalue weighted by Crippen LogP contribution is -2.30. The first-order valence-corrected chi connectivity index (χ1v) is 7.66. The Kier molecular flexibility index (Phi) is 5.89. The van der Waals surface area contributed by atoms with Crippen molar-refractivity contribution in [3.63, 3.8) is 0 Å². The van der Waals surface area contributed by atoms with E-state index in [4.69, 9.17) is 4.74 Å². The minimum absolute atomic E-state index is 0. The number of fused-ring (bicyclic) bond motifs is 1. The number of hydrogen-bond acceptors (Lipinski definition) is 2. The van der Waals surface area contributed by atoms with Gasteiger partial charge in [-0.2, -0.15) is 0 Å². The Hall–Kier alpha value is -1.25. The first-order valence-electron chi connectivity index (χ1n) is 7.66. The van der Waals surface area contributed by atoms with Gasteiger partial charge in [0.2, 0.25) is 0 Å². The zero-order valence-electron chi connectivity index (χ0n) is 12.6. The highest BCUT2D eigenvalue weighted by atomic mass is 35.5. The van der Waals surface area contributed by atoms with Crippen molar-refractivity contribution in [1.82, 2.24) is 5.32 Å². The van der Waals surface area contributed by atoms with Crippen LogP contribution in [-0.2, 0) is 6.54 Å². The minimum Gasteiger partial charge on any atom is -0.496 e. The van der Waals surface area contributed by atoms with Crippen molar-refractivity contribution in [3.8, 4) is 5.75 Å². The molecule has 0 amide bonds. The SMILES string of the molecule is COc1ccc2ccccc2c1CNC1CCCCC1.Cl. The number of halogens is 1. The molecular formula is C18H24ClNO. The summed E-state index contributed by atoms with van der Waals surface area (Å²) in [6, 6.07) is 13.4. The smallest absolute Gasteiger partial charge is 0.123 e. The maximum absolute atomic E-state index is 5.55. The summed E-state index contributed by atoms with van der Waals surface area (Å²) in [6.45, 7) is 0.898. The summed E-state index contributed by atoms with van der Waals surface area (Å²) in [5.74, 6) is 0.993. The summed E-state index contributed by atoms with van der Waals surface area (Å²) in [4.78, 5) is 0. The van der Waals surface area contributed by atoms with E-state index in [-0.39, 0.29) is 12.4 Å². The summed E-state index contributed by atoms with van der Waals surface area (Å²) >= 11 is 0. The molecule has 1 fully saturated rings. The normalized spacial score (nSPS) is 15.7. The van der Waals surface area contributed by atoms with Crippen LogP contribution < -0.4 is 10.1 Å². The molecule has 1 aliphatic carbocycles. The summed E-state index contributed by atoms with van der Waals surface area (Å²) in [5.41, 5.74) is 1.29. The van der Waals surface area contributed by atoms with Crippen molar-refractivity contribution < 1.29 is 4.74 Å². The van der Waals surface area contributed by atoms with E-state index < -0.39 is 0 Å². The average Bonchev–Trinajstić information content (AvgIpc) is 2.53. The van der Waals surface area contributed by atoms with E-state index in [1.54, 1.807) is 7.11 Å². The molecule has 3 rings (SSSR count). The van der Waals surface area contributed by atoms with Crippen molar-refractivity contribution in [3.05, 3.63) is 42.0 Å². The molecule has 0 radical (unpaired) electrons. The Morgan fingerprint density at radius 1 is 1.05 bits per heavy atom. The predicted octanol–water partition coefficient (Wildman–Crippen LogP) is 4.69. The number of hydrogen-bond donors (Lipinski definition) is 1. The third-order valence-electron chi connectivity index (χ3n) is 4.39. The van der Waals surface area contributed by atoms with Crippen LogP contribution in [0.25, 0.3) is 10.8 Å². The highest BCUT2D eigenvalue weighted by Gasteiger charge is 2.14. The summed E-state index contributed by atoms with van der Waals surface area (Å²) < 4.78 is 5.55. The molecule has 2 nitrogen and oxygen atoms in total. The van der Waals surface area contributed by atoms with Crippen LogP contribution >= 0.6 is 12.4 Å². The third kappa shape index (κ3) is 3.69. The maximum Gasteiger partial charge on any atom is 0.123 e. The quantitative estimate of drug-likeness (QED) is 0.884. The van der Waals surface area contributed by atoms with Crippen LogP contribution in [0, 0.1) is 0 Å². The van der Waals surface area contributed by atoms with Crippen LogP contribution in [0.3, 0.4) is 0 Å². The predicted molar refractivity (Wildman–Crippen MR) is 91.5 cm³/mol. The fourth-order valence-electron chi connectivity index (χ4n) is 3.24. The van der Waals surface area contributed by atoms with Gasteiger partial charge >= 0.3 is 0 Å². The molecular weight excluding hydrogens is 282 g/mol. The fourth-order valence-corrected chi connectivity index (χ4v) is 3.24. The van der Waals surface area contributed by atoms with E-state index in [0.29, 0.717) is 6.04 Å². The highest BCUT2D eigenvalue weighted by Crippen LogP contribution is 2.28. The molecule has 0 aromatic heterocycles. The first-order chi connectivity index (χ1) is 9.88. The number of ether oxygens (including phenoxy) is 1. The van der Waals surface area contributed by atoms with Gasteiger partial charge in [0.1, 0.15) is 5.75 Å². The Bertz CT molecular complexity index is 578. The molecule has 0 unspecified atom stereocenters. The van der Waals surface area contributed by atoms with Crippen LogP contribution in [0.5, 0.6) is 5.75 Å². The van der Waals surface area contributed by atoms with Crippen LogP contribution in [0.15, 0.2) is 36.4 Å². The van der Waals surface area contributed by atoms with Crippen LogP contribution in [0.2, 0.25) is 0 Å². The molecule has 0 aliphatic heterocycles. The van der Waals surface area contributed by atoms with Gasteiger partial charge in [0.15, 0.2) is 0 Å². The molecule has 114 valence electrons. The fraction of sp³-hybridized carbons (Fsp3) is 0.444. The van der Waals surface area contributed by atoms with E-state index in [9.17, 15) is 0 Å². The standard InChI is InChI=1S/C18H23NO.ClH/c1-20-18-12-11-14-7-5-6-10-16(14)17(18)13-19-15-8-3-2-4-9-15;/h5-7,10-12,15,19H,2-4,8-9,13H2,1H3;1H. The topological polar surface area (TPSA) is 21.3 Å². The molecule has 1 N–H and O–H groups in total. The lowest BCUT2D eigenvalue weighted by Gasteiger charge is -2.23. The van der Waals surface area contributed by atoms with Gasteiger partial charge in [-0.1, -0.05) is 49.6 Å². The van der Waals surface area contributed by atoms with Gasteiger partial charge < -0.3 is 10.1 Å². The van der Waals surface area contributed by atoms with Gasteiger partial charge in [-0.25, -0.2) is 0 Å². The van der Waals surface area contributed by atoms with Crippen LogP contribution in [0.4, 0.5) is 0 Å². The molecule has 0 heterocycles. The molecule has 0 saturated heterocycles. The lowest BCUT2D eigenvalue weighted by molar-refractivity contribution is 0.366. The van der Waals surface area contributed by atoms with Crippen molar-refractivity contribution in [1.29, 1.82) is 0 Å². The maximum atomic E-state index is 5.55. The Morgan fingerprint density at radius 3 is 2.57 bits per heavy atom. The minimum atomic E-state index is 0. The molecule has 0 atom stereocenters. The molecule has 2 aromatic rings. The molecule has 3 heteroatoms. The zero-order valence-corrected chi connectivity index (χ0v) is 13.4. The number of benzene rings is 2. The van der Waals surface area contributed by atoms with Crippen LogP contribution in [-0.4, -0.2) is 13.2 Å². The molecule has 0 spiro atoms. The molecule has 21 heavy (non-hydrogen) atoms. The second-order valence-electron chi connectivity index (χ2n) is 5.68.